The number of aromatic amines is 1. The van der Waals surface area contributed by atoms with Crippen molar-refractivity contribution in [2.75, 3.05) is 17.8 Å². The first-order valence-corrected chi connectivity index (χ1v) is 9.92. The fraction of sp³-hybridized carbons (Fsp3) is 0.353. The van der Waals surface area contributed by atoms with Gasteiger partial charge in [-0.15, -0.1) is 0 Å². The Morgan fingerprint density at radius 3 is 2.32 bits per heavy atom. The molecule has 1 aliphatic rings. The zero-order chi connectivity index (χ0) is 18.2. The molecule has 1 amide bonds. The van der Waals surface area contributed by atoms with E-state index in [1.807, 2.05) is 0 Å². The number of H-pyrrole nitrogens is 1. The Bertz CT molecular complexity index is 898. The molecule has 1 aromatic heterocycles. The average molecular weight is 382 g/mol. The number of halogens is 1. The summed E-state index contributed by atoms with van der Waals surface area (Å²) in [7, 11) is -3.91. The third kappa shape index (κ3) is 3.52. The molecule has 6 nitrogen and oxygen atoms in total. The monoisotopic (exact) mass is 381 g/mol. The number of rotatable bonds is 4. The van der Waals surface area contributed by atoms with Crippen LogP contribution in [0.15, 0.2) is 29.2 Å². The number of amides is 1. The van der Waals surface area contributed by atoms with Gasteiger partial charge >= 0.3 is 0 Å². The minimum atomic E-state index is -3.91. The summed E-state index contributed by atoms with van der Waals surface area (Å²) >= 11 is 5.84. The predicted molar refractivity (Wildman–Crippen MR) is 97.7 cm³/mol. The molecule has 134 valence electrons. The molecular weight excluding hydrogens is 362 g/mol. The summed E-state index contributed by atoms with van der Waals surface area (Å²) < 4.78 is 28.4. The number of aromatic nitrogens is 1. The topological polar surface area (TPSA) is 82.3 Å². The van der Waals surface area contributed by atoms with Gasteiger partial charge in [-0.25, -0.2) is 8.42 Å². The Labute approximate surface area is 152 Å². The minimum Gasteiger partial charge on any atom is -0.361 e. The van der Waals surface area contributed by atoms with Crippen molar-refractivity contribution in [3.8, 4) is 0 Å². The maximum absolute atomic E-state index is 12.9. The van der Waals surface area contributed by atoms with Crippen molar-refractivity contribution in [1.82, 2.24) is 9.88 Å². The first-order chi connectivity index (χ1) is 11.8. The van der Waals surface area contributed by atoms with Crippen LogP contribution in [-0.4, -0.2) is 37.3 Å². The number of hydrogen-bond donors (Lipinski definition) is 2. The zero-order valence-corrected chi connectivity index (χ0v) is 15.7. The lowest BCUT2D eigenvalue weighted by Gasteiger charge is -2.17. The molecule has 0 bridgehead atoms. The highest BCUT2D eigenvalue weighted by Gasteiger charge is 2.32. The van der Waals surface area contributed by atoms with E-state index < -0.39 is 10.0 Å². The van der Waals surface area contributed by atoms with E-state index in [0.717, 1.165) is 12.8 Å². The second-order valence-corrected chi connectivity index (χ2v) is 8.25. The van der Waals surface area contributed by atoms with Crippen molar-refractivity contribution >= 4 is 33.2 Å². The SMILES string of the molecule is Cc1[nH]c(C)c(S(=O)(=O)Nc2ccc(Cl)cc2)c1C(=O)N1CCCC1. The fourth-order valence-electron chi connectivity index (χ4n) is 3.15. The summed E-state index contributed by atoms with van der Waals surface area (Å²) in [6, 6.07) is 6.36. The summed E-state index contributed by atoms with van der Waals surface area (Å²) in [6.07, 6.45) is 1.89. The number of likely N-dealkylation sites (tertiary alicyclic amines) is 1. The molecule has 0 saturated carbocycles. The van der Waals surface area contributed by atoms with E-state index in [9.17, 15) is 13.2 Å². The number of nitrogens with one attached hydrogen (secondary N) is 2. The number of sulfonamides is 1. The molecule has 2 heterocycles. The van der Waals surface area contributed by atoms with Crippen LogP contribution in [0, 0.1) is 13.8 Å². The van der Waals surface area contributed by atoms with Gasteiger partial charge in [-0.05, 0) is 51.0 Å². The van der Waals surface area contributed by atoms with E-state index >= 15 is 0 Å². The highest BCUT2D eigenvalue weighted by Crippen LogP contribution is 2.28. The van der Waals surface area contributed by atoms with Crippen molar-refractivity contribution in [3.63, 3.8) is 0 Å². The van der Waals surface area contributed by atoms with Crippen molar-refractivity contribution in [3.05, 3.63) is 46.2 Å². The van der Waals surface area contributed by atoms with Crippen LogP contribution in [0.4, 0.5) is 5.69 Å². The molecule has 1 aliphatic heterocycles. The fourth-order valence-corrected chi connectivity index (χ4v) is 4.79. The molecule has 8 heteroatoms. The van der Waals surface area contributed by atoms with E-state index in [4.69, 9.17) is 11.6 Å². The van der Waals surface area contributed by atoms with Gasteiger partial charge in [0.15, 0.2) is 0 Å². The van der Waals surface area contributed by atoms with E-state index in [1.165, 1.54) is 0 Å². The molecule has 1 saturated heterocycles. The quantitative estimate of drug-likeness (QED) is 0.852. The van der Waals surface area contributed by atoms with Gasteiger partial charge in [0, 0.05) is 35.2 Å². The van der Waals surface area contributed by atoms with Crippen molar-refractivity contribution in [1.29, 1.82) is 0 Å². The van der Waals surface area contributed by atoms with Crippen LogP contribution in [0.25, 0.3) is 0 Å². The number of carbonyl (C=O) groups is 1. The van der Waals surface area contributed by atoms with Crippen LogP contribution in [0.1, 0.15) is 34.6 Å². The lowest BCUT2D eigenvalue weighted by molar-refractivity contribution is 0.0788. The molecule has 0 radical (unpaired) electrons. The summed E-state index contributed by atoms with van der Waals surface area (Å²) in [4.78, 5) is 17.6. The molecule has 0 aliphatic carbocycles. The Balaban J connectivity index is 2.00. The van der Waals surface area contributed by atoms with Crippen molar-refractivity contribution < 1.29 is 13.2 Å². The summed E-state index contributed by atoms with van der Waals surface area (Å²) in [6.45, 7) is 4.70. The lowest BCUT2D eigenvalue weighted by atomic mass is 10.2. The van der Waals surface area contributed by atoms with Crippen LogP contribution in [0.2, 0.25) is 5.02 Å². The van der Waals surface area contributed by atoms with E-state index in [1.54, 1.807) is 43.0 Å². The Kier molecular flexibility index (Phi) is 4.79. The van der Waals surface area contributed by atoms with Crippen LogP contribution in [0.3, 0.4) is 0 Å². The molecule has 0 atom stereocenters. The van der Waals surface area contributed by atoms with Gasteiger partial charge in [0.2, 0.25) is 0 Å². The van der Waals surface area contributed by atoms with Crippen LogP contribution < -0.4 is 4.72 Å². The standard InChI is InChI=1S/C17H20ClN3O3S/c1-11-15(17(22)21-9-3-4-10-21)16(12(2)19-11)25(23,24)20-14-7-5-13(18)6-8-14/h5-8,19-20H,3-4,9-10H2,1-2H3. The second kappa shape index (κ2) is 6.72. The first-order valence-electron chi connectivity index (χ1n) is 8.06. The second-order valence-electron chi connectivity index (χ2n) is 6.19. The largest absolute Gasteiger partial charge is 0.361 e. The van der Waals surface area contributed by atoms with Gasteiger partial charge in [0.1, 0.15) is 4.90 Å². The maximum atomic E-state index is 12.9. The summed E-state index contributed by atoms with van der Waals surface area (Å²) in [5.74, 6) is -0.240. The molecule has 1 aromatic carbocycles. The maximum Gasteiger partial charge on any atom is 0.264 e. The number of carbonyl (C=O) groups excluding carboxylic acids is 1. The van der Waals surface area contributed by atoms with E-state index in [-0.39, 0.29) is 16.4 Å². The van der Waals surface area contributed by atoms with Gasteiger partial charge in [0.05, 0.1) is 5.56 Å². The Hall–Kier alpha value is -1.99. The minimum absolute atomic E-state index is 0.0110. The van der Waals surface area contributed by atoms with Crippen LogP contribution >= 0.6 is 11.6 Å². The van der Waals surface area contributed by atoms with E-state index in [0.29, 0.717) is 35.2 Å². The predicted octanol–water partition coefficient (Wildman–Crippen LogP) is 3.32. The number of nitrogens with zero attached hydrogens (tertiary/aromatic N) is 1. The van der Waals surface area contributed by atoms with Crippen molar-refractivity contribution in [2.24, 2.45) is 0 Å². The van der Waals surface area contributed by atoms with Gasteiger partial charge in [-0.3, -0.25) is 9.52 Å². The molecule has 1 fully saturated rings. The molecule has 0 unspecified atom stereocenters. The normalized spacial score (nSPS) is 14.8. The van der Waals surface area contributed by atoms with E-state index in [2.05, 4.69) is 9.71 Å². The highest BCUT2D eigenvalue weighted by atomic mass is 35.5. The van der Waals surface area contributed by atoms with Gasteiger partial charge in [-0.2, -0.15) is 0 Å². The number of anilines is 1. The molecule has 2 aromatic rings. The molecule has 25 heavy (non-hydrogen) atoms. The number of aryl methyl sites for hydroxylation is 2. The van der Waals surface area contributed by atoms with Gasteiger partial charge in [0.25, 0.3) is 15.9 Å². The van der Waals surface area contributed by atoms with Crippen LogP contribution in [-0.2, 0) is 10.0 Å². The molecule has 2 N–H and O–H groups in total. The Morgan fingerprint density at radius 1 is 1.12 bits per heavy atom. The molecule has 3 rings (SSSR count). The van der Waals surface area contributed by atoms with Gasteiger partial charge < -0.3 is 9.88 Å². The third-order valence-corrected chi connectivity index (χ3v) is 6.09. The smallest absolute Gasteiger partial charge is 0.264 e. The summed E-state index contributed by atoms with van der Waals surface area (Å²) in [5.41, 5.74) is 1.62. The first kappa shape index (κ1) is 17.8. The number of hydrogen-bond acceptors (Lipinski definition) is 3. The Morgan fingerprint density at radius 2 is 1.72 bits per heavy atom. The van der Waals surface area contributed by atoms with Crippen LogP contribution in [0.5, 0.6) is 0 Å². The third-order valence-electron chi connectivity index (χ3n) is 4.29. The van der Waals surface area contributed by atoms with Crippen molar-refractivity contribution in [2.45, 2.75) is 31.6 Å². The number of benzene rings is 1. The summed E-state index contributed by atoms with van der Waals surface area (Å²) in [5, 5.41) is 0.515. The average Bonchev–Trinajstić information content (AvgIpc) is 3.16. The molecule has 0 spiro atoms. The van der Waals surface area contributed by atoms with Gasteiger partial charge in [-0.1, -0.05) is 11.6 Å². The zero-order valence-electron chi connectivity index (χ0n) is 14.1. The highest BCUT2D eigenvalue weighted by molar-refractivity contribution is 7.92. The lowest BCUT2D eigenvalue weighted by Crippen LogP contribution is -2.29. The molecular formula is C17H20ClN3O3S.